The van der Waals surface area contributed by atoms with E-state index in [1.54, 1.807) is 0 Å². The summed E-state index contributed by atoms with van der Waals surface area (Å²) in [5.41, 5.74) is 14.2. The topological polar surface area (TPSA) is 4.93 Å². The van der Waals surface area contributed by atoms with Gasteiger partial charge in [0.1, 0.15) is 0 Å². The van der Waals surface area contributed by atoms with Crippen LogP contribution < -0.4 is 0 Å². The van der Waals surface area contributed by atoms with E-state index in [2.05, 4.69) is 182 Å². The molecule has 0 unspecified atom stereocenters. The van der Waals surface area contributed by atoms with E-state index in [9.17, 15) is 0 Å². The molecule has 1 heterocycles. The highest BCUT2D eigenvalue weighted by Gasteiger charge is 2.40. The van der Waals surface area contributed by atoms with Crippen molar-refractivity contribution in [1.29, 1.82) is 0 Å². The summed E-state index contributed by atoms with van der Waals surface area (Å²) in [6.07, 6.45) is 0. The number of benzene rings is 9. The molecule has 0 saturated heterocycles. The third kappa shape index (κ3) is 3.56. The molecule has 0 bridgehead atoms. The monoisotopic (exact) mass is 635 g/mol. The minimum Gasteiger partial charge on any atom is -0.309 e. The summed E-state index contributed by atoms with van der Waals surface area (Å²) < 4.78 is 2.51. The molecular formula is C49H33N. The molecule has 0 spiro atoms. The first-order chi connectivity index (χ1) is 24.6. The maximum absolute atomic E-state index is 2.51. The van der Waals surface area contributed by atoms with Crippen LogP contribution in [0.1, 0.15) is 25.0 Å². The SMILES string of the molecule is CC1(C)c2ccccc2-c2c(-c3ccc4ccc5c(-c6ccccc6)ccc6ccc3c4c65)cc3c4ccccc4n(-c4ccccc4)c3c21. The average Bonchev–Trinajstić information content (AvgIpc) is 3.62. The van der Waals surface area contributed by atoms with Crippen molar-refractivity contribution < 1.29 is 0 Å². The second kappa shape index (κ2) is 9.94. The van der Waals surface area contributed by atoms with Gasteiger partial charge in [0.05, 0.1) is 11.0 Å². The fourth-order valence-electron chi connectivity index (χ4n) is 9.36. The van der Waals surface area contributed by atoms with Crippen LogP contribution in [-0.2, 0) is 5.41 Å². The van der Waals surface area contributed by atoms with E-state index in [1.807, 2.05) is 0 Å². The molecule has 9 aromatic carbocycles. The molecule has 11 rings (SSSR count). The predicted octanol–water partition coefficient (Wildman–Crippen LogP) is 13.3. The van der Waals surface area contributed by atoms with Crippen LogP contribution in [0.3, 0.4) is 0 Å². The van der Waals surface area contributed by atoms with Crippen molar-refractivity contribution >= 4 is 54.1 Å². The van der Waals surface area contributed by atoms with E-state index in [4.69, 9.17) is 0 Å². The van der Waals surface area contributed by atoms with Gasteiger partial charge in [-0.1, -0.05) is 153 Å². The Labute approximate surface area is 291 Å². The summed E-state index contributed by atoms with van der Waals surface area (Å²) in [5.74, 6) is 0. The lowest BCUT2D eigenvalue weighted by atomic mass is 9.80. The molecule has 1 nitrogen and oxygen atoms in total. The smallest absolute Gasteiger partial charge is 0.0588 e. The standard InChI is InChI=1S/C49H33N/c1-49(2)42-19-11-9-18-39(42)46-40(29-41-36-17-10-12-20-43(36)50(48(41)47(46)49)33-15-7-4-8-16-33)35-26-22-32-23-27-37-34(30-13-5-3-6-14-30)25-21-31-24-28-38(35)45(32)44(31)37/h3-29H,1-2H3. The summed E-state index contributed by atoms with van der Waals surface area (Å²) in [4.78, 5) is 0. The van der Waals surface area contributed by atoms with Gasteiger partial charge in [-0.15, -0.1) is 0 Å². The van der Waals surface area contributed by atoms with E-state index >= 15 is 0 Å². The molecule has 0 N–H and O–H groups in total. The van der Waals surface area contributed by atoms with Gasteiger partial charge in [0.2, 0.25) is 0 Å². The molecule has 234 valence electrons. The lowest BCUT2D eigenvalue weighted by molar-refractivity contribution is 0.664. The maximum atomic E-state index is 2.51. The molecule has 0 aliphatic heterocycles. The molecule has 50 heavy (non-hydrogen) atoms. The lowest BCUT2D eigenvalue weighted by Gasteiger charge is -2.25. The third-order valence-electron chi connectivity index (χ3n) is 11.5. The number of rotatable bonds is 3. The van der Waals surface area contributed by atoms with Gasteiger partial charge in [0.25, 0.3) is 0 Å². The number of fused-ring (bicyclic) bond motifs is 7. The Morgan fingerprint density at radius 2 is 1.04 bits per heavy atom. The molecule has 1 aliphatic rings. The Balaban J connectivity index is 1.31. The Bertz CT molecular complexity index is 2980. The van der Waals surface area contributed by atoms with Gasteiger partial charge in [0.15, 0.2) is 0 Å². The van der Waals surface area contributed by atoms with Crippen LogP contribution in [0.4, 0.5) is 0 Å². The molecule has 10 aromatic rings. The van der Waals surface area contributed by atoms with Crippen molar-refractivity contribution in [3.63, 3.8) is 0 Å². The number of aromatic nitrogens is 1. The van der Waals surface area contributed by atoms with Crippen molar-refractivity contribution in [2.24, 2.45) is 0 Å². The van der Waals surface area contributed by atoms with Crippen molar-refractivity contribution in [3.8, 4) is 39.1 Å². The summed E-state index contributed by atoms with van der Waals surface area (Å²) >= 11 is 0. The minimum absolute atomic E-state index is 0.199. The summed E-state index contributed by atoms with van der Waals surface area (Å²) in [6, 6.07) is 60.9. The number of hydrogen-bond donors (Lipinski definition) is 0. The molecule has 0 saturated carbocycles. The van der Waals surface area contributed by atoms with Gasteiger partial charge in [0, 0.05) is 21.9 Å². The van der Waals surface area contributed by atoms with E-state index in [0.29, 0.717) is 0 Å². The van der Waals surface area contributed by atoms with Crippen LogP contribution in [0.25, 0.3) is 93.2 Å². The first kappa shape index (κ1) is 27.7. The molecule has 1 aromatic heterocycles. The average molecular weight is 636 g/mol. The van der Waals surface area contributed by atoms with Crippen LogP contribution in [0.2, 0.25) is 0 Å². The van der Waals surface area contributed by atoms with Crippen LogP contribution in [0.15, 0.2) is 164 Å². The van der Waals surface area contributed by atoms with E-state index in [-0.39, 0.29) is 5.41 Å². The van der Waals surface area contributed by atoms with E-state index in [0.717, 1.165) is 0 Å². The number of nitrogens with zero attached hydrogens (tertiary/aromatic N) is 1. The zero-order chi connectivity index (χ0) is 33.1. The van der Waals surface area contributed by atoms with Crippen LogP contribution in [0.5, 0.6) is 0 Å². The zero-order valence-electron chi connectivity index (χ0n) is 28.0. The molecular weight excluding hydrogens is 603 g/mol. The fraction of sp³-hybridized carbons (Fsp3) is 0.0612. The second-order valence-corrected chi connectivity index (χ2v) is 14.4. The molecule has 1 aliphatic carbocycles. The van der Waals surface area contributed by atoms with Gasteiger partial charge < -0.3 is 4.57 Å². The van der Waals surface area contributed by atoms with Crippen molar-refractivity contribution in [1.82, 2.24) is 4.57 Å². The van der Waals surface area contributed by atoms with Gasteiger partial charge in [-0.3, -0.25) is 0 Å². The normalized spacial score (nSPS) is 13.6. The molecule has 0 amide bonds. The van der Waals surface area contributed by atoms with Gasteiger partial charge >= 0.3 is 0 Å². The summed E-state index contributed by atoms with van der Waals surface area (Å²) in [7, 11) is 0. The molecule has 1 heteroatoms. The highest BCUT2D eigenvalue weighted by atomic mass is 15.0. The Hall–Kier alpha value is -6.18. The molecule has 0 radical (unpaired) electrons. The Morgan fingerprint density at radius 3 is 1.80 bits per heavy atom. The molecule has 0 fully saturated rings. The highest BCUT2D eigenvalue weighted by molar-refractivity contribution is 6.28. The van der Waals surface area contributed by atoms with Gasteiger partial charge in [-0.2, -0.15) is 0 Å². The minimum atomic E-state index is -0.199. The number of hydrogen-bond acceptors (Lipinski definition) is 0. The Kier molecular flexibility index (Phi) is 5.51. The highest BCUT2D eigenvalue weighted by Crippen LogP contribution is 2.57. The molecule has 0 atom stereocenters. The van der Waals surface area contributed by atoms with Gasteiger partial charge in [-0.05, 0) is 101 Å². The quantitative estimate of drug-likeness (QED) is 0.170. The number of para-hydroxylation sites is 2. The third-order valence-corrected chi connectivity index (χ3v) is 11.5. The maximum Gasteiger partial charge on any atom is 0.0588 e. The van der Waals surface area contributed by atoms with Crippen molar-refractivity contribution in [2.45, 2.75) is 19.3 Å². The predicted molar refractivity (Wildman–Crippen MR) is 213 cm³/mol. The Morgan fingerprint density at radius 1 is 0.440 bits per heavy atom. The van der Waals surface area contributed by atoms with Crippen molar-refractivity contribution in [3.05, 3.63) is 175 Å². The fourth-order valence-corrected chi connectivity index (χ4v) is 9.36. The lowest BCUT2D eigenvalue weighted by Crippen LogP contribution is -2.16. The first-order valence-corrected chi connectivity index (χ1v) is 17.6. The largest absolute Gasteiger partial charge is 0.309 e. The van der Waals surface area contributed by atoms with Crippen LogP contribution in [0, 0.1) is 0 Å². The summed E-state index contributed by atoms with van der Waals surface area (Å²) in [5, 5.41) is 10.5. The van der Waals surface area contributed by atoms with E-state index in [1.165, 1.54) is 104 Å². The summed E-state index contributed by atoms with van der Waals surface area (Å²) in [6.45, 7) is 4.84. The second-order valence-electron chi connectivity index (χ2n) is 14.4. The zero-order valence-corrected chi connectivity index (χ0v) is 28.0. The van der Waals surface area contributed by atoms with Crippen LogP contribution >= 0.6 is 0 Å². The van der Waals surface area contributed by atoms with E-state index < -0.39 is 0 Å². The first-order valence-electron chi connectivity index (χ1n) is 17.6. The van der Waals surface area contributed by atoms with Crippen molar-refractivity contribution in [2.75, 3.05) is 0 Å². The van der Waals surface area contributed by atoms with Gasteiger partial charge in [-0.25, -0.2) is 0 Å². The van der Waals surface area contributed by atoms with Crippen LogP contribution in [-0.4, -0.2) is 4.57 Å².